The highest BCUT2D eigenvalue weighted by atomic mass is 16.1. The minimum absolute atomic E-state index is 0.176. The number of nitrogens with zero attached hydrogens (tertiary/aromatic N) is 1. The lowest BCUT2D eigenvalue weighted by molar-refractivity contribution is 0.0841. The molecule has 4 aromatic rings. The van der Waals surface area contributed by atoms with Gasteiger partial charge in [0.25, 0.3) is 0 Å². The van der Waals surface area contributed by atoms with Gasteiger partial charge >= 0.3 is 0 Å². The van der Waals surface area contributed by atoms with Gasteiger partial charge in [0.15, 0.2) is 5.78 Å². The summed E-state index contributed by atoms with van der Waals surface area (Å²) < 4.78 is 0. The van der Waals surface area contributed by atoms with Gasteiger partial charge in [0, 0.05) is 23.7 Å². The van der Waals surface area contributed by atoms with E-state index in [0.29, 0.717) is 0 Å². The van der Waals surface area contributed by atoms with Crippen molar-refractivity contribution in [3.63, 3.8) is 0 Å². The highest BCUT2D eigenvalue weighted by Gasteiger charge is 2.65. The smallest absolute Gasteiger partial charge is 0.173 e. The van der Waals surface area contributed by atoms with Crippen LogP contribution in [0.1, 0.15) is 64.7 Å². The van der Waals surface area contributed by atoms with E-state index >= 15 is 4.79 Å². The zero-order valence-corrected chi connectivity index (χ0v) is 24.0. The van der Waals surface area contributed by atoms with Crippen LogP contribution < -0.4 is 4.90 Å². The molecule has 1 aliphatic heterocycles. The van der Waals surface area contributed by atoms with E-state index in [4.69, 9.17) is 0 Å². The van der Waals surface area contributed by atoms with E-state index in [2.05, 4.69) is 110 Å². The zero-order chi connectivity index (χ0) is 28.0. The van der Waals surface area contributed by atoms with Crippen molar-refractivity contribution in [1.82, 2.24) is 0 Å². The zero-order valence-electron chi connectivity index (χ0n) is 24.0. The van der Waals surface area contributed by atoms with Crippen molar-refractivity contribution in [2.75, 3.05) is 11.9 Å². The van der Waals surface area contributed by atoms with Gasteiger partial charge in [-0.05, 0) is 65.8 Å². The predicted molar refractivity (Wildman–Crippen MR) is 170 cm³/mol. The molecule has 204 valence electrons. The number of carbonyl (C=O) groups is 1. The van der Waals surface area contributed by atoms with E-state index in [1.165, 1.54) is 47.2 Å². The molecular formula is C39H37NO. The molecule has 2 spiro atoms. The monoisotopic (exact) mass is 535 g/mol. The second kappa shape index (κ2) is 10.0. The molecule has 3 aliphatic rings. The Bertz CT molecular complexity index is 1640. The summed E-state index contributed by atoms with van der Waals surface area (Å²) >= 11 is 0. The molecule has 2 atom stereocenters. The van der Waals surface area contributed by atoms with E-state index in [1.807, 2.05) is 30.3 Å². The third kappa shape index (κ3) is 3.88. The molecule has 0 bridgehead atoms. The number of benzene rings is 4. The van der Waals surface area contributed by atoms with Crippen LogP contribution >= 0.6 is 0 Å². The van der Waals surface area contributed by atoms with Gasteiger partial charge in [-0.15, -0.1) is 0 Å². The van der Waals surface area contributed by atoms with Crippen LogP contribution in [0.2, 0.25) is 0 Å². The Morgan fingerprint density at radius 2 is 1.37 bits per heavy atom. The van der Waals surface area contributed by atoms with Gasteiger partial charge in [-0.3, -0.25) is 4.79 Å². The van der Waals surface area contributed by atoms with Crippen molar-refractivity contribution in [1.29, 1.82) is 0 Å². The van der Waals surface area contributed by atoms with Crippen LogP contribution in [0.5, 0.6) is 0 Å². The van der Waals surface area contributed by atoms with Gasteiger partial charge in [0.1, 0.15) is 0 Å². The minimum Gasteiger partial charge on any atom is -0.363 e. The van der Waals surface area contributed by atoms with Gasteiger partial charge in [-0.2, -0.15) is 0 Å². The molecule has 4 aromatic carbocycles. The molecule has 0 saturated heterocycles. The highest BCUT2D eigenvalue weighted by molar-refractivity contribution is 6.10. The maximum Gasteiger partial charge on any atom is 0.173 e. The summed E-state index contributed by atoms with van der Waals surface area (Å²) in [4.78, 5) is 17.6. The Labute approximate surface area is 244 Å². The molecule has 1 heterocycles. The molecule has 1 saturated carbocycles. The van der Waals surface area contributed by atoms with E-state index < -0.39 is 5.54 Å². The number of rotatable bonds is 4. The first kappa shape index (κ1) is 25.8. The number of ketones is 1. The normalized spacial score (nSPS) is 22.8. The lowest BCUT2D eigenvalue weighted by Gasteiger charge is -2.56. The molecule has 1 fully saturated rings. The Morgan fingerprint density at radius 3 is 2.02 bits per heavy atom. The van der Waals surface area contributed by atoms with Crippen LogP contribution in [-0.4, -0.2) is 18.4 Å². The first-order valence-electron chi connectivity index (χ1n) is 15.0. The number of carbonyl (C=O) groups excluding carboxylic acids is 1. The molecule has 2 nitrogen and oxygen atoms in total. The SMILES string of the molecule is Cc1ccc2c(c1)C1(CCCCC1)[C@@]1(C=C(c3ccccc3)C=C(c3ccccc3)[C@H]1C(=O)c1ccccc1)N2C. The molecule has 0 N–H and O–H groups in total. The molecule has 0 radical (unpaired) electrons. The molecule has 0 aromatic heterocycles. The third-order valence-corrected chi connectivity index (χ3v) is 10.0. The lowest BCUT2D eigenvalue weighted by Crippen LogP contribution is -2.63. The first-order valence-corrected chi connectivity index (χ1v) is 15.0. The summed E-state index contributed by atoms with van der Waals surface area (Å²) in [7, 11) is 2.25. The van der Waals surface area contributed by atoms with Crippen molar-refractivity contribution in [3.8, 4) is 0 Å². The Morgan fingerprint density at radius 1 is 0.756 bits per heavy atom. The maximum atomic E-state index is 15.1. The topological polar surface area (TPSA) is 20.3 Å². The molecule has 0 amide bonds. The molecule has 0 unspecified atom stereocenters. The van der Waals surface area contributed by atoms with Gasteiger partial charge in [0.2, 0.25) is 0 Å². The van der Waals surface area contributed by atoms with E-state index in [0.717, 1.165) is 29.5 Å². The Balaban J connectivity index is 1.58. The van der Waals surface area contributed by atoms with E-state index in [-0.39, 0.29) is 17.1 Å². The van der Waals surface area contributed by atoms with Crippen molar-refractivity contribution < 1.29 is 4.79 Å². The van der Waals surface area contributed by atoms with Gasteiger partial charge < -0.3 is 4.90 Å². The minimum atomic E-state index is -0.554. The van der Waals surface area contributed by atoms with Gasteiger partial charge in [0.05, 0.1) is 11.5 Å². The second-order valence-corrected chi connectivity index (χ2v) is 12.1. The van der Waals surface area contributed by atoms with Crippen LogP contribution in [0.25, 0.3) is 11.1 Å². The van der Waals surface area contributed by atoms with E-state index in [1.54, 1.807) is 0 Å². The average Bonchev–Trinajstić information content (AvgIpc) is 3.21. The number of hydrogen-bond acceptors (Lipinski definition) is 2. The van der Waals surface area contributed by atoms with Crippen LogP contribution in [-0.2, 0) is 5.41 Å². The molecule has 41 heavy (non-hydrogen) atoms. The summed E-state index contributed by atoms with van der Waals surface area (Å²) in [5, 5.41) is 0. The average molecular weight is 536 g/mol. The second-order valence-electron chi connectivity index (χ2n) is 12.1. The molecule has 2 heteroatoms. The predicted octanol–water partition coefficient (Wildman–Crippen LogP) is 9.07. The summed E-state index contributed by atoms with van der Waals surface area (Å²) in [6.07, 6.45) is 10.6. The van der Waals surface area contributed by atoms with Crippen molar-refractivity contribution in [3.05, 3.63) is 149 Å². The summed E-state index contributed by atoms with van der Waals surface area (Å²) in [6, 6.07) is 38.3. The highest BCUT2D eigenvalue weighted by Crippen LogP contribution is 2.65. The van der Waals surface area contributed by atoms with Crippen LogP contribution in [0, 0.1) is 12.8 Å². The summed E-state index contributed by atoms with van der Waals surface area (Å²) in [6.45, 7) is 2.20. The number of hydrogen-bond donors (Lipinski definition) is 0. The number of Topliss-reactive ketones (excluding diaryl/α,β-unsaturated/α-hetero) is 1. The number of allylic oxidation sites excluding steroid dienone is 2. The Kier molecular flexibility index (Phi) is 6.31. The fraction of sp³-hybridized carbons (Fsp3) is 0.256. The lowest BCUT2D eigenvalue weighted by atomic mass is 9.51. The number of likely N-dealkylation sites (N-methyl/N-ethyl adjacent to an activating group) is 1. The molecule has 7 rings (SSSR count). The third-order valence-electron chi connectivity index (χ3n) is 10.0. The number of fused-ring (bicyclic) bond motifs is 3. The van der Waals surface area contributed by atoms with Gasteiger partial charge in [-0.25, -0.2) is 0 Å². The van der Waals surface area contributed by atoms with Crippen molar-refractivity contribution in [2.45, 2.75) is 50.0 Å². The molecule has 2 aliphatic carbocycles. The summed E-state index contributed by atoms with van der Waals surface area (Å²) in [5.74, 6) is -0.166. The van der Waals surface area contributed by atoms with Crippen molar-refractivity contribution >= 4 is 22.6 Å². The van der Waals surface area contributed by atoms with Crippen molar-refractivity contribution in [2.24, 2.45) is 5.92 Å². The largest absolute Gasteiger partial charge is 0.363 e. The molecular weight excluding hydrogens is 498 g/mol. The number of anilines is 1. The standard InChI is InChI=1S/C39H37NO/c1-28-21-22-35-34(25-28)38(23-13-6-14-24-38)39(40(35)2)27-32(29-15-7-3-8-16-29)26-33(30-17-9-4-10-18-30)36(39)37(41)31-19-11-5-12-20-31/h3-5,7-12,15-22,25-27,36H,6,13-14,23-24H2,1-2H3/t36-,39-/m0/s1. The fourth-order valence-corrected chi connectivity index (χ4v) is 8.23. The van der Waals surface area contributed by atoms with E-state index in [9.17, 15) is 0 Å². The van der Waals surface area contributed by atoms with Crippen LogP contribution in [0.15, 0.2) is 121 Å². The summed E-state index contributed by atoms with van der Waals surface area (Å²) in [5.41, 5.74) is 8.64. The van der Waals surface area contributed by atoms with Crippen LogP contribution in [0.4, 0.5) is 5.69 Å². The van der Waals surface area contributed by atoms with Gasteiger partial charge in [-0.1, -0.05) is 128 Å². The van der Waals surface area contributed by atoms with Crippen LogP contribution in [0.3, 0.4) is 0 Å². The quantitative estimate of drug-likeness (QED) is 0.243. The fourth-order valence-electron chi connectivity index (χ4n) is 8.23. The first-order chi connectivity index (χ1) is 20.0. The Hall–Kier alpha value is -4.17. The number of aryl methyl sites for hydroxylation is 1. The maximum absolute atomic E-state index is 15.1.